The summed E-state index contributed by atoms with van der Waals surface area (Å²) in [5.74, 6) is -0.134. The Morgan fingerprint density at radius 2 is 2.14 bits per heavy atom. The predicted molar refractivity (Wildman–Crippen MR) is 80.8 cm³/mol. The summed E-state index contributed by atoms with van der Waals surface area (Å²) in [6, 6.07) is 5.16. The summed E-state index contributed by atoms with van der Waals surface area (Å²) in [5, 5.41) is 9.31. The van der Waals surface area contributed by atoms with Crippen LogP contribution in [0.1, 0.15) is 16.2 Å². The molecular formula is C15H21N3O3. The van der Waals surface area contributed by atoms with Crippen LogP contribution in [0.25, 0.3) is 11.0 Å². The number of aryl methyl sites for hydroxylation is 1. The lowest BCUT2D eigenvalue weighted by molar-refractivity contribution is 0.0698. The van der Waals surface area contributed by atoms with Gasteiger partial charge in [-0.05, 0) is 33.2 Å². The molecular weight excluding hydrogens is 270 g/mol. The molecule has 6 heteroatoms. The Balaban J connectivity index is 2.15. The molecule has 0 fully saturated rings. The van der Waals surface area contributed by atoms with Crippen molar-refractivity contribution >= 4 is 17.0 Å². The van der Waals surface area contributed by atoms with Crippen LogP contribution in [0.2, 0.25) is 0 Å². The third kappa shape index (κ3) is 3.59. The number of aromatic nitrogens is 2. The molecule has 1 N–H and O–H groups in total. The standard InChI is InChI=1S/C15H21N3O3/c1-11-16-13-6-4-5-12(15(19)20)14(13)18(11)8-10-21-9-7-17(2)3/h4-6H,7-10H2,1-3H3,(H,19,20). The highest BCUT2D eigenvalue weighted by atomic mass is 16.5. The molecule has 0 amide bonds. The molecule has 0 radical (unpaired) electrons. The van der Waals surface area contributed by atoms with Crippen LogP contribution in [0.5, 0.6) is 0 Å². The zero-order valence-electron chi connectivity index (χ0n) is 12.7. The molecule has 0 aliphatic heterocycles. The third-order valence-corrected chi connectivity index (χ3v) is 3.33. The Morgan fingerprint density at radius 3 is 2.81 bits per heavy atom. The van der Waals surface area contributed by atoms with Crippen molar-refractivity contribution in [3.05, 3.63) is 29.6 Å². The molecule has 0 bridgehead atoms. The number of ether oxygens (including phenoxy) is 1. The smallest absolute Gasteiger partial charge is 0.337 e. The van der Waals surface area contributed by atoms with Crippen LogP contribution in [-0.2, 0) is 11.3 Å². The number of fused-ring (bicyclic) bond motifs is 1. The zero-order chi connectivity index (χ0) is 15.4. The number of imidazole rings is 1. The summed E-state index contributed by atoms with van der Waals surface area (Å²) < 4.78 is 7.50. The molecule has 0 saturated heterocycles. The zero-order valence-corrected chi connectivity index (χ0v) is 12.7. The van der Waals surface area contributed by atoms with Crippen molar-refractivity contribution in [3.8, 4) is 0 Å². The van der Waals surface area contributed by atoms with Crippen LogP contribution in [0.4, 0.5) is 0 Å². The fourth-order valence-electron chi connectivity index (χ4n) is 2.25. The Hall–Kier alpha value is -1.92. The largest absolute Gasteiger partial charge is 0.478 e. The molecule has 6 nitrogen and oxygen atoms in total. The quantitative estimate of drug-likeness (QED) is 0.785. The van der Waals surface area contributed by atoms with Crippen LogP contribution in [0, 0.1) is 6.92 Å². The van der Waals surface area contributed by atoms with Crippen LogP contribution < -0.4 is 0 Å². The monoisotopic (exact) mass is 291 g/mol. The second-order valence-corrected chi connectivity index (χ2v) is 5.20. The van der Waals surface area contributed by atoms with Gasteiger partial charge in [-0.15, -0.1) is 0 Å². The molecule has 0 unspecified atom stereocenters. The fourth-order valence-corrected chi connectivity index (χ4v) is 2.25. The number of carboxylic acid groups (broad SMARTS) is 1. The average molecular weight is 291 g/mol. The predicted octanol–water partition coefficient (Wildman–Crippen LogP) is 1.62. The van der Waals surface area contributed by atoms with Crippen LogP contribution in [0.3, 0.4) is 0 Å². The molecule has 1 heterocycles. The van der Waals surface area contributed by atoms with Crippen molar-refractivity contribution in [1.29, 1.82) is 0 Å². The molecule has 0 spiro atoms. The minimum atomic E-state index is -0.935. The highest BCUT2D eigenvalue weighted by Gasteiger charge is 2.15. The van der Waals surface area contributed by atoms with E-state index in [9.17, 15) is 9.90 Å². The molecule has 0 aliphatic carbocycles. The molecule has 21 heavy (non-hydrogen) atoms. The van der Waals surface area contributed by atoms with E-state index in [0.29, 0.717) is 30.8 Å². The minimum absolute atomic E-state index is 0.279. The third-order valence-electron chi connectivity index (χ3n) is 3.33. The van der Waals surface area contributed by atoms with Gasteiger partial charge in [0, 0.05) is 13.1 Å². The van der Waals surface area contributed by atoms with Gasteiger partial charge in [0.2, 0.25) is 0 Å². The van der Waals surface area contributed by atoms with Gasteiger partial charge in [-0.1, -0.05) is 6.07 Å². The number of aromatic carboxylic acids is 1. The van der Waals surface area contributed by atoms with E-state index in [4.69, 9.17) is 4.74 Å². The van der Waals surface area contributed by atoms with Crippen molar-refractivity contribution in [2.24, 2.45) is 0 Å². The second-order valence-electron chi connectivity index (χ2n) is 5.20. The number of benzene rings is 1. The maximum atomic E-state index is 11.3. The first kappa shape index (κ1) is 15.5. The van der Waals surface area contributed by atoms with E-state index >= 15 is 0 Å². The molecule has 0 atom stereocenters. The van der Waals surface area contributed by atoms with Crippen LogP contribution in [-0.4, -0.2) is 59.4 Å². The molecule has 1 aromatic heterocycles. The number of hydrogen-bond donors (Lipinski definition) is 1. The van der Waals surface area contributed by atoms with Crippen molar-refractivity contribution in [1.82, 2.24) is 14.5 Å². The van der Waals surface area contributed by atoms with Gasteiger partial charge in [0.1, 0.15) is 5.82 Å². The number of carbonyl (C=O) groups is 1. The molecule has 114 valence electrons. The van der Waals surface area contributed by atoms with Gasteiger partial charge < -0.3 is 19.3 Å². The van der Waals surface area contributed by atoms with Crippen LogP contribution in [0.15, 0.2) is 18.2 Å². The molecule has 1 aromatic carbocycles. The molecule has 0 saturated carbocycles. The Morgan fingerprint density at radius 1 is 1.38 bits per heavy atom. The van der Waals surface area contributed by atoms with E-state index < -0.39 is 5.97 Å². The summed E-state index contributed by atoms with van der Waals surface area (Å²) in [6.07, 6.45) is 0. The Labute approximate surface area is 124 Å². The van der Waals surface area contributed by atoms with E-state index in [1.165, 1.54) is 0 Å². The SMILES string of the molecule is Cc1nc2cccc(C(=O)O)c2n1CCOCCN(C)C. The Kier molecular flexibility index (Phi) is 4.93. The van der Waals surface area contributed by atoms with E-state index in [-0.39, 0.29) is 5.56 Å². The van der Waals surface area contributed by atoms with Gasteiger partial charge in [-0.25, -0.2) is 9.78 Å². The van der Waals surface area contributed by atoms with Gasteiger partial charge >= 0.3 is 5.97 Å². The molecule has 2 aromatic rings. The first-order valence-corrected chi connectivity index (χ1v) is 6.92. The topological polar surface area (TPSA) is 67.6 Å². The number of carboxylic acids is 1. The highest BCUT2D eigenvalue weighted by Crippen LogP contribution is 2.20. The lowest BCUT2D eigenvalue weighted by Crippen LogP contribution is -2.19. The van der Waals surface area contributed by atoms with Crippen molar-refractivity contribution in [2.75, 3.05) is 33.9 Å². The number of para-hydroxylation sites is 1. The van der Waals surface area contributed by atoms with E-state index in [0.717, 1.165) is 12.4 Å². The molecule has 2 rings (SSSR count). The number of likely N-dealkylation sites (N-methyl/N-ethyl adjacent to an activating group) is 1. The van der Waals surface area contributed by atoms with Gasteiger partial charge in [0.25, 0.3) is 0 Å². The Bertz CT molecular complexity index is 634. The fraction of sp³-hybridized carbons (Fsp3) is 0.467. The lowest BCUT2D eigenvalue weighted by atomic mass is 10.2. The summed E-state index contributed by atoms with van der Waals surface area (Å²) in [5.41, 5.74) is 1.65. The normalized spacial score (nSPS) is 11.4. The van der Waals surface area contributed by atoms with Gasteiger partial charge in [-0.2, -0.15) is 0 Å². The first-order valence-electron chi connectivity index (χ1n) is 6.92. The first-order chi connectivity index (χ1) is 10.0. The van der Waals surface area contributed by atoms with Gasteiger partial charge in [0.05, 0.1) is 29.8 Å². The summed E-state index contributed by atoms with van der Waals surface area (Å²) in [6.45, 7) is 4.54. The van der Waals surface area contributed by atoms with E-state index in [1.54, 1.807) is 12.1 Å². The van der Waals surface area contributed by atoms with E-state index in [2.05, 4.69) is 9.88 Å². The number of nitrogens with zero attached hydrogens (tertiary/aromatic N) is 3. The summed E-state index contributed by atoms with van der Waals surface area (Å²) in [4.78, 5) is 17.8. The summed E-state index contributed by atoms with van der Waals surface area (Å²) >= 11 is 0. The van der Waals surface area contributed by atoms with Crippen molar-refractivity contribution in [3.63, 3.8) is 0 Å². The van der Waals surface area contributed by atoms with Crippen molar-refractivity contribution in [2.45, 2.75) is 13.5 Å². The number of hydrogen-bond acceptors (Lipinski definition) is 4. The average Bonchev–Trinajstić information content (AvgIpc) is 2.73. The highest BCUT2D eigenvalue weighted by molar-refractivity contribution is 6.01. The van der Waals surface area contributed by atoms with E-state index in [1.807, 2.05) is 31.7 Å². The van der Waals surface area contributed by atoms with Gasteiger partial charge in [0.15, 0.2) is 0 Å². The second kappa shape index (κ2) is 6.69. The maximum absolute atomic E-state index is 11.3. The maximum Gasteiger partial charge on any atom is 0.337 e. The summed E-state index contributed by atoms with van der Waals surface area (Å²) in [7, 11) is 3.99. The molecule has 0 aliphatic rings. The number of rotatable bonds is 7. The van der Waals surface area contributed by atoms with Gasteiger partial charge in [-0.3, -0.25) is 0 Å². The minimum Gasteiger partial charge on any atom is -0.478 e. The lowest BCUT2D eigenvalue weighted by Gasteiger charge is -2.11. The van der Waals surface area contributed by atoms with Crippen molar-refractivity contribution < 1.29 is 14.6 Å². The van der Waals surface area contributed by atoms with Crippen LogP contribution >= 0.6 is 0 Å².